The lowest BCUT2D eigenvalue weighted by molar-refractivity contribution is -0.152. The van der Waals surface area contributed by atoms with Crippen LogP contribution < -0.4 is 10.6 Å². The molecule has 1 aliphatic rings. The van der Waals surface area contributed by atoms with Gasteiger partial charge in [-0.15, -0.1) is 0 Å². The second kappa shape index (κ2) is 11.5. The predicted octanol–water partition coefficient (Wildman–Crippen LogP) is 3.88. The topological polar surface area (TPSA) is 132 Å². The van der Waals surface area contributed by atoms with Crippen molar-refractivity contribution in [3.63, 3.8) is 0 Å². The Morgan fingerprint density at radius 2 is 1.94 bits per heavy atom. The van der Waals surface area contributed by atoms with Gasteiger partial charge in [0.1, 0.15) is 12.1 Å². The van der Waals surface area contributed by atoms with Crippen molar-refractivity contribution in [1.29, 1.82) is 0 Å². The fourth-order valence-electron chi connectivity index (χ4n) is 3.85. The van der Waals surface area contributed by atoms with Gasteiger partial charge in [-0.05, 0) is 56.7 Å². The van der Waals surface area contributed by atoms with Gasteiger partial charge in [0, 0.05) is 19.6 Å². The van der Waals surface area contributed by atoms with Crippen LogP contribution in [-0.4, -0.2) is 49.6 Å². The molecule has 0 aliphatic heterocycles. The first-order valence-corrected chi connectivity index (χ1v) is 14.3. The first kappa shape index (κ1) is 27.1. The Morgan fingerprint density at radius 3 is 2.57 bits per heavy atom. The Hall–Kier alpha value is -2.50. The summed E-state index contributed by atoms with van der Waals surface area (Å²) < 4.78 is 29.5. The highest BCUT2D eigenvalue weighted by Gasteiger charge is 2.27. The van der Waals surface area contributed by atoms with E-state index in [1.807, 2.05) is 0 Å². The fraction of sp³-hybridized carbons (Fsp3) is 0.478. The summed E-state index contributed by atoms with van der Waals surface area (Å²) in [4.78, 5) is 41.7. The van der Waals surface area contributed by atoms with E-state index >= 15 is 0 Å². The van der Waals surface area contributed by atoms with Crippen LogP contribution in [0, 0.1) is 6.92 Å². The van der Waals surface area contributed by atoms with Gasteiger partial charge in [0.2, 0.25) is 11.8 Å². The van der Waals surface area contributed by atoms with Crippen LogP contribution in [0.15, 0.2) is 23.1 Å². The van der Waals surface area contributed by atoms with Gasteiger partial charge in [-0.2, -0.15) is 0 Å². The second-order valence-corrected chi connectivity index (χ2v) is 11.9. The largest absolute Gasteiger partial charge is 0.461 e. The number of carbonyl (C=O) groups is 3. The summed E-state index contributed by atoms with van der Waals surface area (Å²) in [5, 5.41) is 5.74. The maximum atomic E-state index is 12.6. The fourth-order valence-corrected chi connectivity index (χ4v) is 6.13. The van der Waals surface area contributed by atoms with E-state index in [2.05, 4.69) is 15.6 Å². The van der Waals surface area contributed by atoms with Gasteiger partial charge in [-0.1, -0.05) is 29.0 Å². The number of nitrogens with one attached hydrogen (secondary N) is 2. The molecule has 1 atom stereocenters. The molecular weight excluding hydrogens is 514 g/mol. The summed E-state index contributed by atoms with van der Waals surface area (Å²) in [7, 11) is -3.51. The Labute approximate surface area is 213 Å². The molecule has 0 radical (unpaired) electrons. The Kier molecular flexibility index (Phi) is 8.89. The van der Waals surface area contributed by atoms with Gasteiger partial charge in [0.05, 0.1) is 20.5 Å². The molecule has 1 aromatic carbocycles. The van der Waals surface area contributed by atoms with E-state index < -0.39 is 21.8 Å². The number of hydrogen-bond acceptors (Lipinski definition) is 8. The number of aryl methyl sites for hydroxylation is 1. The highest BCUT2D eigenvalue weighted by Crippen LogP contribution is 2.35. The van der Waals surface area contributed by atoms with Crippen LogP contribution in [-0.2, 0) is 29.0 Å². The molecule has 1 aromatic heterocycles. The summed E-state index contributed by atoms with van der Waals surface area (Å²) in [5.74, 6) is -1.28. The lowest BCUT2D eigenvalue weighted by Crippen LogP contribution is -2.42. The molecule has 1 aliphatic carbocycles. The number of esters is 1. The van der Waals surface area contributed by atoms with Crippen molar-refractivity contribution in [3.8, 4) is 10.4 Å². The number of aromatic nitrogens is 1. The molecule has 35 heavy (non-hydrogen) atoms. The van der Waals surface area contributed by atoms with Gasteiger partial charge in [-0.3, -0.25) is 9.59 Å². The second-order valence-electron chi connectivity index (χ2n) is 8.53. The van der Waals surface area contributed by atoms with Crippen molar-refractivity contribution in [2.75, 3.05) is 11.6 Å². The number of benzene rings is 1. The minimum atomic E-state index is -3.51. The molecule has 1 heterocycles. The number of rotatable bonds is 9. The summed E-state index contributed by atoms with van der Waals surface area (Å²) >= 11 is 7.23. The smallest absolute Gasteiger partial charge is 0.328 e. The minimum Gasteiger partial charge on any atom is -0.461 e. The van der Waals surface area contributed by atoms with Crippen molar-refractivity contribution in [3.05, 3.63) is 28.9 Å². The zero-order valence-electron chi connectivity index (χ0n) is 19.7. The maximum Gasteiger partial charge on any atom is 0.328 e. The Balaban J connectivity index is 1.65. The van der Waals surface area contributed by atoms with Crippen LogP contribution >= 0.6 is 22.9 Å². The quantitative estimate of drug-likeness (QED) is 0.460. The average molecular weight is 542 g/mol. The number of amides is 2. The molecule has 1 saturated carbocycles. The third-order valence-electron chi connectivity index (χ3n) is 5.54. The van der Waals surface area contributed by atoms with Crippen molar-refractivity contribution in [2.24, 2.45) is 0 Å². The van der Waals surface area contributed by atoms with E-state index in [-0.39, 0.29) is 40.7 Å². The number of sulfone groups is 1. The van der Waals surface area contributed by atoms with Gasteiger partial charge in [0.15, 0.2) is 15.0 Å². The lowest BCUT2D eigenvalue weighted by Gasteiger charge is -2.19. The molecule has 0 unspecified atom stereocenters. The van der Waals surface area contributed by atoms with E-state index in [0.717, 1.165) is 31.9 Å². The third-order valence-corrected chi connectivity index (χ3v) is 8.24. The van der Waals surface area contributed by atoms with E-state index in [0.29, 0.717) is 21.3 Å². The molecule has 0 saturated heterocycles. The van der Waals surface area contributed by atoms with Crippen LogP contribution in [0.2, 0.25) is 5.02 Å². The van der Waals surface area contributed by atoms with E-state index in [1.165, 1.54) is 30.4 Å². The first-order chi connectivity index (χ1) is 16.4. The standard InChI is InChI=1S/C23H28ClN3O6S2/c1-13-21(15-8-9-17(24)19(12-15)35(3,31)32)34-23(25-13)27-20(29)11-10-18(26-14(2)28)22(30)33-16-6-4-5-7-16/h8-9,12,16,18H,4-7,10-11H2,1-3H3,(H,26,28)(H,25,27,29)/t18-/m1/s1. The van der Waals surface area contributed by atoms with Crippen molar-refractivity contribution in [2.45, 2.75) is 69.4 Å². The number of nitrogens with zero attached hydrogens (tertiary/aromatic N) is 1. The van der Waals surface area contributed by atoms with Gasteiger partial charge >= 0.3 is 5.97 Å². The summed E-state index contributed by atoms with van der Waals surface area (Å²) in [6, 6.07) is 3.78. The molecular formula is C23H28ClN3O6S2. The molecule has 9 nitrogen and oxygen atoms in total. The Bertz CT molecular complexity index is 1220. The zero-order valence-corrected chi connectivity index (χ0v) is 22.1. The number of ether oxygens (including phenoxy) is 1. The zero-order chi connectivity index (χ0) is 25.8. The molecule has 2 amide bonds. The first-order valence-electron chi connectivity index (χ1n) is 11.2. The van der Waals surface area contributed by atoms with Gasteiger partial charge in [-0.25, -0.2) is 18.2 Å². The third kappa shape index (κ3) is 7.49. The molecule has 1 fully saturated rings. The van der Waals surface area contributed by atoms with E-state index in [4.69, 9.17) is 16.3 Å². The number of halogens is 1. The molecule has 12 heteroatoms. The van der Waals surface area contributed by atoms with Crippen LogP contribution in [0.3, 0.4) is 0 Å². The van der Waals surface area contributed by atoms with E-state index in [9.17, 15) is 22.8 Å². The van der Waals surface area contributed by atoms with Gasteiger partial charge < -0.3 is 15.4 Å². The summed E-state index contributed by atoms with van der Waals surface area (Å²) in [6.45, 7) is 3.06. The molecule has 2 aromatic rings. The molecule has 0 spiro atoms. The Morgan fingerprint density at radius 1 is 1.26 bits per heavy atom. The number of thiazole rings is 1. The minimum absolute atomic E-state index is 0.0172. The molecule has 190 valence electrons. The molecule has 2 N–H and O–H groups in total. The van der Waals surface area contributed by atoms with Crippen molar-refractivity contribution < 1.29 is 27.5 Å². The molecule has 0 bridgehead atoms. The normalized spacial score (nSPS) is 15.0. The van der Waals surface area contributed by atoms with Gasteiger partial charge in [0.25, 0.3) is 0 Å². The predicted molar refractivity (Wildman–Crippen MR) is 134 cm³/mol. The maximum absolute atomic E-state index is 12.6. The average Bonchev–Trinajstić information content (AvgIpc) is 3.39. The van der Waals surface area contributed by atoms with Crippen LogP contribution in [0.1, 0.15) is 51.1 Å². The SMILES string of the molecule is CC(=O)N[C@H](CCC(=O)Nc1nc(C)c(-c2ccc(Cl)c(S(C)(=O)=O)c2)s1)C(=O)OC1CCCC1. The lowest BCUT2D eigenvalue weighted by atomic mass is 10.1. The number of carbonyl (C=O) groups excluding carboxylic acids is 3. The van der Waals surface area contributed by atoms with Crippen molar-refractivity contribution >= 4 is 55.7 Å². The highest BCUT2D eigenvalue weighted by molar-refractivity contribution is 7.90. The number of anilines is 1. The monoisotopic (exact) mass is 541 g/mol. The highest BCUT2D eigenvalue weighted by atomic mass is 35.5. The van der Waals surface area contributed by atoms with E-state index in [1.54, 1.807) is 13.0 Å². The van der Waals surface area contributed by atoms with Crippen LogP contribution in [0.25, 0.3) is 10.4 Å². The molecule has 3 rings (SSSR count). The van der Waals surface area contributed by atoms with Crippen LogP contribution in [0.4, 0.5) is 5.13 Å². The number of hydrogen-bond donors (Lipinski definition) is 2. The van der Waals surface area contributed by atoms with Crippen LogP contribution in [0.5, 0.6) is 0 Å². The van der Waals surface area contributed by atoms with Crippen molar-refractivity contribution in [1.82, 2.24) is 10.3 Å². The summed E-state index contributed by atoms with van der Waals surface area (Å²) in [5.41, 5.74) is 1.23. The summed E-state index contributed by atoms with van der Waals surface area (Å²) in [6.07, 6.45) is 4.63.